The number of hydrogen-bond acceptors (Lipinski definition) is 3. The maximum Gasteiger partial charge on any atom is 0.0726 e. The van der Waals surface area contributed by atoms with Crippen molar-refractivity contribution in [1.29, 1.82) is 0 Å². The van der Waals surface area contributed by atoms with Gasteiger partial charge in [-0.15, -0.1) is 12.8 Å². The standard InChI is InChI=1S/C21H23N3/c1-3-14-24(15-4-2)16-13-22-21-17-9-5-7-11-19(17)23-20-12-8-6-10-18(20)21/h1-2,5,7,9,11H,6,8,10,12-16H2,(H,22,23). The van der Waals surface area contributed by atoms with Crippen LogP contribution in [0, 0.1) is 24.7 Å². The Hall–Kier alpha value is -2.49. The van der Waals surface area contributed by atoms with Crippen LogP contribution in [0.3, 0.4) is 0 Å². The number of nitrogens with zero attached hydrogens (tertiary/aromatic N) is 2. The molecule has 24 heavy (non-hydrogen) atoms. The number of rotatable bonds is 6. The summed E-state index contributed by atoms with van der Waals surface area (Å²) >= 11 is 0. The first-order chi connectivity index (χ1) is 11.8. The lowest BCUT2D eigenvalue weighted by Crippen LogP contribution is -2.30. The van der Waals surface area contributed by atoms with Crippen LogP contribution in [-0.2, 0) is 12.8 Å². The maximum absolute atomic E-state index is 5.42. The molecule has 1 N–H and O–H groups in total. The molecule has 0 spiro atoms. The highest BCUT2D eigenvalue weighted by Crippen LogP contribution is 2.33. The molecule has 3 nitrogen and oxygen atoms in total. The number of anilines is 1. The van der Waals surface area contributed by atoms with E-state index in [4.69, 9.17) is 17.8 Å². The smallest absolute Gasteiger partial charge is 0.0726 e. The van der Waals surface area contributed by atoms with Crippen LogP contribution < -0.4 is 5.32 Å². The van der Waals surface area contributed by atoms with Crippen molar-refractivity contribution in [2.45, 2.75) is 25.7 Å². The topological polar surface area (TPSA) is 28.2 Å². The zero-order valence-corrected chi connectivity index (χ0v) is 14.0. The molecule has 0 fully saturated rings. The monoisotopic (exact) mass is 317 g/mol. The third-order valence-corrected chi connectivity index (χ3v) is 4.53. The molecule has 0 amide bonds. The third-order valence-electron chi connectivity index (χ3n) is 4.53. The van der Waals surface area contributed by atoms with E-state index in [9.17, 15) is 0 Å². The summed E-state index contributed by atoms with van der Waals surface area (Å²) in [7, 11) is 0. The van der Waals surface area contributed by atoms with E-state index in [1.807, 2.05) is 0 Å². The van der Waals surface area contributed by atoms with Gasteiger partial charge in [0.2, 0.25) is 0 Å². The summed E-state index contributed by atoms with van der Waals surface area (Å²) in [5, 5.41) is 4.85. The molecule has 0 bridgehead atoms. The fraction of sp³-hybridized carbons (Fsp3) is 0.381. The fourth-order valence-corrected chi connectivity index (χ4v) is 3.39. The maximum atomic E-state index is 5.42. The van der Waals surface area contributed by atoms with Gasteiger partial charge in [-0.05, 0) is 37.3 Å². The zero-order chi connectivity index (χ0) is 16.8. The number of aromatic nitrogens is 1. The van der Waals surface area contributed by atoms with Crippen molar-refractivity contribution < 1.29 is 0 Å². The first-order valence-electron chi connectivity index (χ1n) is 8.57. The molecule has 1 aliphatic carbocycles. The van der Waals surface area contributed by atoms with Crippen molar-refractivity contribution in [1.82, 2.24) is 9.88 Å². The van der Waals surface area contributed by atoms with E-state index in [1.54, 1.807) is 0 Å². The molecule has 0 radical (unpaired) electrons. The van der Waals surface area contributed by atoms with Gasteiger partial charge in [0.05, 0.1) is 18.6 Å². The first-order valence-corrected chi connectivity index (χ1v) is 8.57. The van der Waals surface area contributed by atoms with Crippen LogP contribution in [0.25, 0.3) is 10.9 Å². The van der Waals surface area contributed by atoms with Crippen molar-refractivity contribution in [2.75, 3.05) is 31.5 Å². The van der Waals surface area contributed by atoms with E-state index in [1.165, 1.54) is 35.2 Å². The normalized spacial score (nSPS) is 13.3. The van der Waals surface area contributed by atoms with Gasteiger partial charge in [-0.2, -0.15) is 0 Å². The number of para-hydroxylation sites is 1. The Morgan fingerprint density at radius 2 is 1.83 bits per heavy atom. The average Bonchev–Trinajstić information content (AvgIpc) is 2.61. The molecule has 0 saturated heterocycles. The summed E-state index contributed by atoms with van der Waals surface area (Å²) < 4.78 is 0. The average molecular weight is 317 g/mol. The van der Waals surface area contributed by atoms with E-state index in [2.05, 4.69) is 46.3 Å². The van der Waals surface area contributed by atoms with Crippen LogP contribution in [0.1, 0.15) is 24.1 Å². The van der Waals surface area contributed by atoms with Crippen LogP contribution in [-0.4, -0.2) is 36.1 Å². The predicted molar refractivity (Wildman–Crippen MR) is 101 cm³/mol. The van der Waals surface area contributed by atoms with Crippen LogP contribution >= 0.6 is 0 Å². The second kappa shape index (κ2) is 7.86. The third kappa shape index (κ3) is 3.53. The first kappa shape index (κ1) is 16.4. The Morgan fingerprint density at radius 3 is 2.62 bits per heavy atom. The van der Waals surface area contributed by atoms with Gasteiger partial charge in [0, 0.05) is 29.9 Å². The van der Waals surface area contributed by atoms with Gasteiger partial charge in [-0.1, -0.05) is 30.0 Å². The molecule has 1 aromatic heterocycles. The lowest BCUT2D eigenvalue weighted by molar-refractivity contribution is 0.359. The molecule has 122 valence electrons. The Kier molecular flexibility index (Phi) is 5.36. The van der Waals surface area contributed by atoms with Crippen LogP contribution in [0.15, 0.2) is 24.3 Å². The van der Waals surface area contributed by atoms with Crippen LogP contribution in [0.4, 0.5) is 5.69 Å². The minimum absolute atomic E-state index is 0.584. The summed E-state index contributed by atoms with van der Waals surface area (Å²) in [6, 6.07) is 8.38. The lowest BCUT2D eigenvalue weighted by atomic mass is 9.92. The Morgan fingerprint density at radius 1 is 1.08 bits per heavy atom. The Labute approximate surface area is 144 Å². The van der Waals surface area contributed by atoms with Gasteiger partial charge in [-0.25, -0.2) is 0 Å². The molecule has 2 aromatic rings. The summed E-state index contributed by atoms with van der Waals surface area (Å²) in [6.45, 7) is 2.83. The summed E-state index contributed by atoms with van der Waals surface area (Å²) in [4.78, 5) is 6.98. The number of nitrogens with one attached hydrogen (secondary N) is 1. The van der Waals surface area contributed by atoms with Crippen molar-refractivity contribution in [3.8, 4) is 24.7 Å². The molecular weight excluding hydrogens is 294 g/mol. The minimum atomic E-state index is 0.584. The van der Waals surface area contributed by atoms with E-state index in [0.717, 1.165) is 31.4 Å². The van der Waals surface area contributed by atoms with Gasteiger partial charge in [0.25, 0.3) is 0 Å². The highest BCUT2D eigenvalue weighted by molar-refractivity contribution is 5.93. The van der Waals surface area contributed by atoms with Crippen molar-refractivity contribution in [3.63, 3.8) is 0 Å². The SMILES string of the molecule is C#CCN(CC#C)CCNc1c2c(nc3ccccc13)CCCC2. The summed E-state index contributed by atoms with van der Waals surface area (Å²) in [5.41, 5.74) is 4.97. The lowest BCUT2D eigenvalue weighted by Gasteiger charge is -2.23. The van der Waals surface area contributed by atoms with Crippen molar-refractivity contribution in [2.24, 2.45) is 0 Å². The van der Waals surface area contributed by atoms with E-state index < -0.39 is 0 Å². The number of pyridine rings is 1. The second-order valence-electron chi connectivity index (χ2n) is 6.18. The molecule has 0 aliphatic heterocycles. The molecule has 0 unspecified atom stereocenters. The van der Waals surface area contributed by atoms with Gasteiger partial charge in [0.15, 0.2) is 0 Å². The Balaban J connectivity index is 1.83. The highest BCUT2D eigenvalue weighted by atomic mass is 15.1. The van der Waals surface area contributed by atoms with Crippen LogP contribution in [0.5, 0.6) is 0 Å². The molecule has 1 heterocycles. The second-order valence-corrected chi connectivity index (χ2v) is 6.18. The molecule has 1 aliphatic rings. The van der Waals surface area contributed by atoms with E-state index in [0.29, 0.717) is 13.1 Å². The van der Waals surface area contributed by atoms with Crippen molar-refractivity contribution >= 4 is 16.6 Å². The molecule has 3 heteroatoms. The largest absolute Gasteiger partial charge is 0.383 e. The van der Waals surface area contributed by atoms with Crippen LogP contribution in [0.2, 0.25) is 0 Å². The number of benzene rings is 1. The van der Waals surface area contributed by atoms with Gasteiger partial charge < -0.3 is 5.32 Å². The fourth-order valence-electron chi connectivity index (χ4n) is 3.39. The highest BCUT2D eigenvalue weighted by Gasteiger charge is 2.17. The van der Waals surface area contributed by atoms with E-state index in [-0.39, 0.29) is 0 Å². The molecular formula is C21H23N3. The number of aryl methyl sites for hydroxylation is 1. The molecule has 3 rings (SSSR count). The van der Waals surface area contributed by atoms with Gasteiger partial charge >= 0.3 is 0 Å². The predicted octanol–water partition coefficient (Wildman–Crippen LogP) is 3.09. The molecule has 0 saturated carbocycles. The Bertz CT molecular complexity index is 779. The zero-order valence-electron chi connectivity index (χ0n) is 14.0. The molecule has 1 aromatic carbocycles. The number of terminal acetylenes is 2. The number of fused-ring (bicyclic) bond motifs is 2. The van der Waals surface area contributed by atoms with E-state index >= 15 is 0 Å². The van der Waals surface area contributed by atoms with Gasteiger partial charge in [-0.3, -0.25) is 9.88 Å². The summed E-state index contributed by atoms with van der Waals surface area (Å²) in [6.07, 6.45) is 15.5. The summed E-state index contributed by atoms with van der Waals surface area (Å²) in [5.74, 6) is 5.35. The minimum Gasteiger partial charge on any atom is -0.383 e. The quantitative estimate of drug-likeness (QED) is 0.830. The van der Waals surface area contributed by atoms with Gasteiger partial charge in [0.1, 0.15) is 0 Å². The number of hydrogen-bond donors (Lipinski definition) is 1. The molecule has 0 atom stereocenters. The van der Waals surface area contributed by atoms with Crippen molar-refractivity contribution in [3.05, 3.63) is 35.5 Å².